The van der Waals surface area contributed by atoms with Crippen molar-refractivity contribution in [3.05, 3.63) is 16.1 Å². The maximum Gasteiger partial charge on any atom is 0.443 e. The average Bonchev–Trinajstić information content (AvgIpc) is 3.05. The predicted octanol–water partition coefficient (Wildman–Crippen LogP) is 1.44. The summed E-state index contributed by atoms with van der Waals surface area (Å²) < 4.78 is 65.8. The van der Waals surface area contributed by atoms with E-state index in [1.54, 1.807) is 0 Å². The molecule has 2 heterocycles. The molecule has 2 rings (SSSR count). The molecule has 6 nitrogen and oxygen atoms in total. The number of amides is 1. The number of halogens is 3. The molecular formula is C12H15F3N2O4S2. The Morgan fingerprint density at radius 1 is 1.52 bits per heavy atom. The summed E-state index contributed by atoms with van der Waals surface area (Å²) in [6.45, 7) is 0.243. The molecule has 130 valence electrons. The minimum absolute atomic E-state index is 0.0424. The molecule has 1 aliphatic heterocycles. The lowest BCUT2D eigenvalue weighted by Gasteiger charge is -2.27. The van der Waals surface area contributed by atoms with Gasteiger partial charge < -0.3 is 9.64 Å². The first kappa shape index (κ1) is 18.1. The van der Waals surface area contributed by atoms with Gasteiger partial charge in [0, 0.05) is 25.1 Å². The number of sulfone groups is 1. The number of alkyl halides is 3. The summed E-state index contributed by atoms with van der Waals surface area (Å²) in [6.07, 6.45) is -4.36. The van der Waals surface area contributed by atoms with Gasteiger partial charge in [0.2, 0.25) is 0 Å². The molecule has 1 fully saturated rings. The number of carbonyl (C=O) groups excluding carboxylic acids is 1. The molecule has 11 heteroatoms. The van der Waals surface area contributed by atoms with Crippen LogP contribution in [0.1, 0.15) is 21.9 Å². The highest BCUT2D eigenvalue weighted by molar-refractivity contribution is 7.91. The number of rotatable bonds is 5. The zero-order chi connectivity index (χ0) is 17.3. The van der Waals surface area contributed by atoms with Crippen LogP contribution in [0.2, 0.25) is 0 Å². The van der Waals surface area contributed by atoms with E-state index in [2.05, 4.69) is 4.98 Å². The van der Waals surface area contributed by atoms with Gasteiger partial charge in [-0.15, -0.1) is 11.3 Å². The minimum Gasteiger partial charge on any atom is -0.383 e. The van der Waals surface area contributed by atoms with Gasteiger partial charge in [0.1, 0.15) is 5.69 Å². The number of nitrogens with zero attached hydrogens (tertiary/aromatic N) is 2. The molecule has 0 N–H and O–H groups in total. The third-order valence-electron chi connectivity index (χ3n) is 3.41. The van der Waals surface area contributed by atoms with Crippen molar-refractivity contribution in [2.75, 3.05) is 31.8 Å². The van der Waals surface area contributed by atoms with E-state index in [1.165, 1.54) is 12.0 Å². The molecule has 23 heavy (non-hydrogen) atoms. The Morgan fingerprint density at radius 3 is 2.70 bits per heavy atom. The number of methoxy groups -OCH3 is 1. The molecule has 1 aliphatic rings. The first-order valence-electron chi connectivity index (χ1n) is 6.67. The molecule has 0 radical (unpaired) electrons. The highest BCUT2D eigenvalue weighted by atomic mass is 32.2. The van der Waals surface area contributed by atoms with Gasteiger partial charge in [0.15, 0.2) is 14.8 Å². The predicted molar refractivity (Wildman–Crippen MR) is 77.1 cm³/mol. The number of hydrogen-bond donors (Lipinski definition) is 0. The van der Waals surface area contributed by atoms with Crippen molar-refractivity contribution in [1.29, 1.82) is 0 Å². The van der Waals surface area contributed by atoms with Crippen LogP contribution in [0.5, 0.6) is 0 Å². The van der Waals surface area contributed by atoms with Gasteiger partial charge in [-0.3, -0.25) is 4.79 Å². The lowest BCUT2D eigenvalue weighted by molar-refractivity contribution is -0.137. The molecule has 1 atom stereocenters. The molecule has 1 saturated heterocycles. The van der Waals surface area contributed by atoms with Crippen molar-refractivity contribution in [2.45, 2.75) is 18.6 Å². The second-order valence-corrected chi connectivity index (χ2v) is 8.17. The monoisotopic (exact) mass is 372 g/mol. The Kier molecular flexibility index (Phi) is 5.31. The summed E-state index contributed by atoms with van der Waals surface area (Å²) in [5, 5.41) is -0.0689. The number of carbonyl (C=O) groups is 1. The van der Waals surface area contributed by atoms with Crippen LogP contribution in [-0.4, -0.2) is 62.0 Å². The maximum atomic E-state index is 12.6. The van der Waals surface area contributed by atoms with E-state index >= 15 is 0 Å². The van der Waals surface area contributed by atoms with E-state index in [4.69, 9.17) is 4.74 Å². The molecular weight excluding hydrogens is 357 g/mol. The third kappa shape index (κ3) is 4.42. The smallest absolute Gasteiger partial charge is 0.383 e. The van der Waals surface area contributed by atoms with Crippen LogP contribution >= 0.6 is 11.3 Å². The maximum absolute atomic E-state index is 12.6. The van der Waals surface area contributed by atoms with Crippen LogP contribution in [0.25, 0.3) is 0 Å². The largest absolute Gasteiger partial charge is 0.443 e. The van der Waals surface area contributed by atoms with Crippen LogP contribution < -0.4 is 0 Å². The molecule has 1 aromatic rings. The van der Waals surface area contributed by atoms with Crippen molar-refractivity contribution in [2.24, 2.45) is 0 Å². The van der Waals surface area contributed by atoms with Crippen molar-refractivity contribution in [3.63, 3.8) is 0 Å². The summed E-state index contributed by atoms with van der Waals surface area (Å²) in [4.78, 5) is 17.0. The van der Waals surface area contributed by atoms with Gasteiger partial charge in [-0.25, -0.2) is 13.4 Å². The molecule has 0 saturated carbocycles. The van der Waals surface area contributed by atoms with E-state index in [0.717, 1.165) is 5.38 Å². The Labute approximate surface area is 135 Å². The quantitative estimate of drug-likeness (QED) is 0.782. The fourth-order valence-corrected chi connectivity index (χ4v) is 4.70. The highest BCUT2D eigenvalue weighted by Crippen LogP contribution is 2.32. The molecule has 1 aromatic heterocycles. The summed E-state index contributed by atoms with van der Waals surface area (Å²) in [6, 6.07) is -0.571. The number of thiazole rings is 1. The van der Waals surface area contributed by atoms with Gasteiger partial charge >= 0.3 is 6.18 Å². The lowest BCUT2D eigenvalue weighted by Crippen LogP contribution is -2.43. The highest BCUT2D eigenvalue weighted by Gasteiger charge is 2.38. The van der Waals surface area contributed by atoms with Crippen LogP contribution in [0, 0.1) is 0 Å². The molecule has 0 bridgehead atoms. The zero-order valence-electron chi connectivity index (χ0n) is 12.2. The Hall–Kier alpha value is -1.20. The molecule has 0 spiro atoms. The van der Waals surface area contributed by atoms with E-state index < -0.39 is 33.0 Å². The van der Waals surface area contributed by atoms with Crippen LogP contribution in [-0.2, 0) is 20.8 Å². The normalized spacial score (nSPS) is 20.6. The van der Waals surface area contributed by atoms with E-state index in [9.17, 15) is 26.4 Å². The summed E-state index contributed by atoms with van der Waals surface area (Å²) >= 11 is 0.335. The van der Waals surface area contributed by atoms with E-state index in [-0.39, 0.29) is 36.8 Å². The van der Waals surface area contributed by atoms with Gasteiger partial charge in [0.05, 0.1) is 18.1 Å². The molecule has 0 aliphatic carbocycles. The first-order valence-corrected chi connectivity index (χ1v) is 9.37. The van der Waals surface area contributed by atoms with Crippen molar-refractivity contribution in [1.82, 2.24) is 9.88 Å². The van der Waals surface area contributed by atoms with Crippen LogP contribution in [0.4, 0.5) is 13.2 Å². The van der Waals surface area contributed by atoms with Gasteiger partial charge in [-0.2, -0.15) is 13.2 Å². The molecule has 1 amide bonds. The second kappa shape index (κ2) is 6.73. The number of hydrogen-bond acceptors (Lipinski definition) is 6. The summed E-state index contributed by atoms with van der Waals surface area (Å²) in [5.74, 6) is -0.950. The van der Waals surface area contributed by atoms with E-state index in [1.807, 2.05) is 0 Å². The van der Waals surface area contributed by atoms with Crippen LogP contribution in [0.3, 0.4) is 0 Å². The fraction of sp³-hybridized carbons (Fsp3) is 0.667. The van der Waals surface area contributed by atoms with Gasteiger partial charge in [0.25, 0.3) is 5.91 Å². The number of aromatic nitrogens is 1. The molecule has 1 unspecified atom stereocenters. The Bertz CT molecular complexity index is 672. The lowest BCUT2D eigenvalue weighted by atomic mass is 10.2. The first-order chi connectivity index (χ1) is 10.6. The topological polar surface area (TPSA) is 76.6 Å². The van der Waals surface area contributed by atoms with E-state index in [0.29, 0.717) is 11.3 Å². The van der Waals surface area contributed by atoms with Gasteiger partial charge in [-0.1, -0.05) is 0 Å². The zero-order valence-corrected chi connectivity index (χ0v) is 13.8. The Morgan fingerprint density at radius 2 is 2.22 bits per heavy atom. The third-order valence-corrected chi connectivity index (χ3v) is 6.05. The Balaban J connectivity index is 2.21. The SMILES string of the molecule is COCCN(C(=O)c1csc(C(F)(F)F)n1)C1CCS(=O)(=O)C1. The molecule has 0 aromatic carbocycles. The van der Waals surface area contributed by atoms with Gasteiger partial charge in [-0.05, 0) is 6.42 Å². The summed E-state index contributed by atoms with van der Waals surface area (Å²) in [7, 11) is -1.82. The van der Waals surface area contributed by atoms with Crippen molar-refractivity contribution >= 4 is 27.1 Å². The van der Waals surface area contributed by atoms with Crippen molar-refractivity contribution in [3.8, 4) is 0 Å². The minimum atomic E-state index is -4.61. The fourth-order valence-electron chi connectivity index (χ4n) is 2.31. The second-order valence-electron chi connectivity index (χ2n) is 5.08. The average molecular weight is 372 g/mol. The standard InChI is InChI=1S/C12H15F3N2O4S2/c1-21-4-3-17(8-2-5-23(19,20)7-8)10(18)9-6-22-11(16-9)12(13,14)15/h6,8H,2-5,7H2,1H3. The summed E-state index contributed by atoms with van der Waals surface area (Å²) in [5.41, 5.74) is -0.331. The van der Waals surface area contributed by atoms with Crippen molar-refractivity contribution < 1.29 is 31.1 Å². The number of ether oxygens (including phenoxy) is 1. The van der Waals surface area contributed by atoms with Crippen LogP contribution in [0.15, 0.2) is 5.38 Å².